The average Bonchev–Trinajstić information content (AvgIpc) is 2.53. The number of hydrogen-bond donors (Lipinski definition) is 0. The molecule has 5 nitrogen and oxygen atoms in total. The van der Waals surface area contributed by atoms with E-state index in [1.54, 1.807) is 20.2 Å². The molecule has 2 rings (SSSR count). The van der Waals surface area contributed by atoms with E-state index in [2.05, 4.69) is 9.97 Å². The standard InChI is InChI=1S/C16H18F4N4O/c1-23(2)14-8-13(16(18,19)20)21-15(22-14)24(3)9-10-5-6-12(25-4)11(17)7-10/h5-8H,9H2,1-4H3. The predicted molar refractivity (Wildman–Crippen MR) is 86.4 cm³/mol. The lowest BCUT2D eigenvalue weighted by atomic mass is 10.2. The fraction of sp³-hybridized carbons (Fsp3) is 0.375. The third-order valence-electron chi connectivity index (χ3n) is 3.43. The number of aromatic nitrogens is 2. The molecular formula is C16H18F4N4O. The van der Waals surface area contributed by atoms with Crippen molar-refractivity contribution in [3.8, 4) is 5.75 Å². The zero-order valence-electron chi connectivity index (χ0n) is 14.2. The predicted octanol–water partition coefficient (Wildman–Crippen LogP) is 3.35. The van der Waals surface area contributed by atoms with E-state index in [9.17, 15) is 17.6 Å². The van der Waals surface area contributed by atoms with Gasteiger partial charge in [-0.1, -0.05) is 6.07 Å². The van der Waals surface area contributed by atoms with E-state index in [-0.39, 0.29) is 24.1 Å². The van der Waals surface area contributed by atoms with E-state index < -0.39 is 17.7 Å². The van der Waals surface area contributed by atoms with Crippen LogP contribution in [0.15, 0.2) is 24.3 Å². The van der Waals surface area contributed by atoms with E-state index in [0.717, 1.165) is 6.07 Å². The van der Waals surface area contributed by atoms with Gasteiger partial charge in [0.15, 0.2) is 17.3 Å². The third-order valence-corrected chi connectivity index (χ3v) is 3.43. The van der Waals surface area contributed by atoms with E-state index in [1.165, 1.54) is 36.1 Å². The van der Waals surface area contributed by atoms with Crippen molar-refractivity contribution in [1.82, 2.24) is 9.97 Å². The number of ether oxygens (including phenoxy) is 1. The molecule has 0 bridgehead atoms. The summed E-state index contributed by atoms with van der Waals surface area (Å²) in [5, 5.41) is 0. The second kappa shape index (κ2) is 7.12. The Morgan fingerprint density at radius 1 is 1.08 bits per heavy atom. The van der Waals surface area contributed by atoms with Crippen LogP contribution in [0.2, 0.25) is 0 Å². The van der Waals surface area contributed by atoms with Crippen molar-refractivity contribution in [3.05, 3.63) is 41.3 Å². The fourth-order valence-corrected chi connectivity index (χ4v) is 2.12. The van der Waals surface area contributed by atoms with Gasteiger partial charge in [-0.3, -0.25) is 0 Å². The van der Waals surface area contributed by atoms with Crippen molar-refractivity contribution in [3.63, 3.8) is 0 Å². The van der Waals surface area contributed by atoms with Gasteiger partial charge in [0.25, 0.3) is 0 Å². The molecule has 1 aromatic carbocycles. The highest BCUT2D eigenvalue weighted by atomic mass is 19.4. The average molecular weight is 358 g/mol. The first-order valence-electron chi connectivity index (χ1n) is 7.29. The van der Waals surface area contributed by atoms with Crippen LogP contribution in [-0.2, 0) is 12.7 Å². The Bertz CT molecular complexity index is 749. The first-order chi connectivity index (χ1) is 11.6. The van der Waals surface area contributed by atoms with Gasteiger partial charge in [0.1, 0.15) is 5.82 Å². The summed E-state index contributed by atoms with van der Waals surface area (Å²) in [6.45, 7) is 0.134. The van der Waals surface area contributed by atoms with Gasteiger partial charge in [-0.2, -0.15) is 18.2 Å². The summed E-state index contributed by atoms with van der Waals surface area (Å²) < 4.78 is 57.7. The Balaban J connectivity index is 2.33. The summed E-state index contributed by atoms with van der Waals surface area (Å²) in [5.74, 6) is -0.427. The molecule has 0 atom stereocenters. The smallest absolute Gasteiger partial charge is 0.433 e. The lowest BCUT2D eigenvalue weighted by Crippen LogP contribution is -2.23. The van der Waals surface area contributed by atoms with E-state index >= 15 is 0 Å². The molecule has 2 aromatic rings. The summed E-state index contributed by atoms with van der Waals surface area (Å²) in [6.07, 6.45) is -4.59. The Morgan fingerprint density at radius 2 is 1.76 bits per heavy atom. The van der Waals surface area contributed by atoms with Gasteiger partial charge in [0, 0.05) is 33.8 Å². The maximum absolute atomic E-state index is 13.8. The van der Waals surface area contributed by atoms with Gasteiger partial charge < -0.3 is 14.5 Å². The molecule has 0 spiro atoms. The minimum atomic E-state index is -4.59. The van der Waals surface area contributed by atoms with Crippen molar-refractivity contribution in [2.45, 2.75) is 12.7 Å². The molecule has 0 saturated heterocycles. The van der Waals surface area contributed by atoms with Gasteiger partial charge in [-0.25, -0.2) is 9.37 Å². The lowest BCUT2D eigenvalue weighted by Gasteiger charge is -2.21. The number of anilines is 2. The summed E-state index contributed by atoms with van der Waals surface area (Å²) in [7, 11) is 6.07. The second-order valence-corrected chi connectivity index (χ2v) is 5.63. The van der Waals surface area contributed by atoms with Crippen LogP contribution >= 0.6 is 0 Å². The van der Waals surface area contributed by atoms with E-state index in [0.29, 0.717) is 5.56 Å². The molecule has 1 aromatic heterocycles. The molecule has 136 valence electrons. The molecule has 1 heterocycles. The van der Waals surface area contributed by atoms with Gasteiger partial charge in [0.05, 0.1) is 7.11 Å². The summed E-state index contributed by atoms with van der Waals surface area (Å²) in [5.41, 5.74) is -0.484. The molecule has 0 aliphatic carbocycles. The maximum atomic E-state index is 13.8. The number of rotatable bonds is 5. The van der Waals surface area contributed by atoms with Crippen molar-refractivity contribution in [1.29, 1.82) is 0 Å². The normalized spacial score (nSPS) is 11.4. The van der Waals surface area contributed by atoms with Crippen LogP contribution < -0.4 is 14.5 Å². The molecule has 0 saturated carbocycles. The molecular weight excluding hydrogens is 340 g/mol. The first kappa shape index (κ1) is 18.8. The highest BCUT2D eigenvalue weighted by Crippen LogP contribution is 2.31. The van der Waals surface area contributed by atoms with Crippen LogP contribution in [0.3, 0.4) is 0 Å². The van der Waals surface area contributed by atoms with Crippen LogP contribution in [0.5, 0.6) is 5.75 Å². The third kappa shape index (κ3) is 4.49. The monoisotopic (exact) mass is 358 g/mol. The minimum absolute atomic E-state index is 0.0941. The van der Waals surface area contributed by atoms with Crippen LogP contribution in [0.1, 0.15) is 11.3 Å². The number of halogens is 4. The molecule has 0 aliphatic heterocycles. The first-order valence-corrected chi connectivity index (χ1v) is 7.29. The van der Waals surface area contributed by atoms with Crippen molar-refractivity contribution < 1.29 is 22.3 Å². The molecule has 0 N–H and O–H groups in total. The fourth-order valence-electron chi connectivity index (χ4n) is 2.12. The number of methoxy groups -OCH3 is 1. The molecule has 0 unspecified atom stereocenters. The van der Waals surface area contributed by atoms with Crippen molar-refractivity contribution in [2.75, 3.05) is 38.1 Å². The SMILES string of the molecule is COc1ccc(CN(C)c2nc(N(C)C)cc(C(F)(F)F)n2)cc1F. The summed E-state index contributed by atoms with van der Waals surface area (Å²) >= 11 is 0. The molecule has 0 radical (unpaired) electrons. The maximum Gasteiger partial charge on any atom is 0.433 e. The number of alkyl halides is 3. The highest BCUT2D eigenvalue weighted by molar-refractivity contribution is 5.45. The van der Waals surface area contributed by atoms with E-state index in [1.807, 2.05) is 0 Å². The Morgan fingerprint density at radius 3 is 2.28 bits per heavy atom. The molecule has 9 heteroatoms. The quantitative estimate of drug-likeness (QED) is 0.767. The van der Waals surface area contributed by atoms with Crippen LogP contribution in [0, 0.1) is 5.82 Å². The second-order valence-electron chi connectivity index (χ2n) is 5.63. The largest absolute Gasteiger partial charge is 0.494 e. The molecule has 0 aliphatic rings. The zero-order chi connectivity index (χ0) is 18.8. The summed E-state index contributed by atoms with van der Waals surface area (Å²) in [4.78, 5) is 10.6. The lowest BCUT2D eigenvalue weighted by molar-refractivity contribution is -0.141. The zero-order valence-corrected chi connectivity index (χ0v) is 14.2. The number of hydrogen-bond acceptors (Lipinski definition) is 5. The van der Waals surface area contributed by atoms with Gasteiger partial charge in [0.2, 0.25) is 5.95 Å². The Kier molecular flexibility index (Phi) is 5.34. The highest BCUT2D eigenvalue weighted by Gasteiger charge is 2.34. The summed E-state index contributed by atoms with van der Waals surface area (Å²) in [6, 6.07) is 5.22. The van der Waals surface area contributed by atoms with Gasteiger partial charge in [-0.15, -0.1) is 0 Å². The van der Waals surface area contributed by atoms with Crippen LogP contribution in [0.25, 0.3) is 0 Å². The number of benzene rings is 1. The van der Waals surface area contributed by atoms with E-state index in [4.69, 9.17) is 4.74 Å². The topological polar surface area (TPSA) is 41.5 Å². The van der Waals surface area contributed by atoms with Crippen LogP contribution in [0.4, 0.5) is 29.3 Å². The molecule has 0 amide bonds. The Labute approximate surface area is 142 Å². The van der Waals surface area contributed by atoms with Gasteiger partial charge in [-0.05, 0) is 17.7 Å². The van der Waals surface area contributed by atoms with Gasteiger partial charge >= 0.3 is 6.18 Å². The Hall–Kier alpha value is -2.58. The molecule has 25 heavy (non-hydrogen) atoms. The van der Waals surface area contributed by atoms with Crippen molar-refractivity contribution >= 4 is 11.8 Å². The van der Waals surface area contributed by atoms with Crippen LogP contribution in [-0.4, -0.2) is 38.2 Å². The molecule has 0 fully saturated rings. The minimum Gasteiger partial charge on any atom is -0.494 e. The van der Waals surface area contributed by atoms with Crippen molar-refractivity contribution in [2.24, 2.45) is 0 Å². The number of nitrogens with zero attached hydrogens (tertiary/aromatic N) is 4.